The van der Waals surface area contributed by atoms with Gasteiger partial charge in [-0.25, -0.2) is 9.18 Å². The number of hydrogen-bond donors (Lipinski definition) is 1. The molecular formula is C19H19ClFNO4. The number of anilines is 1. The molecule has 0 aliphatic rings. The molecule has 0 aliphatic heterocycles. The van der Waals surface area contributed by atoms with Crippen LogP contribution < -0.4 is 10.1 Å². The number of amides is 1. The minimum Gasteiger partial charge on any atom is -0.494 e. The summed E-state index contributed by atoms with van der Waals surface area (Å²) in [6, 6.07) is 10.3. The van der Waals surface area contributed by atoms with E-state index in [1.807, 2.05) is 6.92 Å². The Labute approximate surface area is 156 Å². The molecule has 1 amide bonds. The van der Waals surface area contributed by atoms with Gasteiger partial charge in [0.2, 0.25) is 0 Å². The molecule has 0 aliphatic carbocycles. The van der Waals surface area contributed by atoms with E-state index in [9.17, 15) is 14.0 Å². The third-order valence-electron chi connectivity index (χ3n) is 3.40. The Morgan fingerprint density at radius 3 is 2.50 bits per heavy atom. The third-order valence-corrected chi connectivity index (χ3v) is 3.64. The molecule has 1 N–H and O–H groups in total. The van der Waals surface area contributed by atoms with Gasteiger partial charge in [0.15, 0.2) is 6.10 Å². The number of esters is 1. The molecule has 2 rings (SSSR count). The second kappa shape index (κ2) is 9.20. The Bertz CT molecular complexity index is 780. The second-order valence-electron chi connectivity index (χ2n) is 5.53. The first-order chi connectivity index (χ1) is 12.4. The topological polar surface area (TPSA) is 64.6 Å². The first kappa shape index (κ1) is 19.7. The van der Waals surface area contributed by atoms with Crippen molar-refractivity contribution < 1.29 is 23.5 Å². The number of carbonyl (C=O) groups excluding carboxylic acids is 2. The molecular weight excluding hydrogens is 361 g/mol. The Kier molecular flexibility index (Phi) is 6.97. The quantitative estimate of drug-likeness (QED) is 0.722. The van der Waals surface area contributed by atoms with Gasteiger partial charge in [0.1, 0.15) is 11.6 Å². The average molecular weight is 380 g/mol. The lowest BCUT2D eigenvalue weighted by Gasteiger charge is -2.14. The molecule has 0 heterocycles. The fraction of sp³-hybridized carbons (Fsp3) is 0.263. The minimum atomic E-state index is -1.10. The molecule has 0 unspecified atom stereocenters. The van der Waals surface area contributed by atoms with Crippen LogP contribution in [0.3, 0.4) is 0 Å². The zero-order valence-corrected chi connectivity index (χ0v) is 15.2. The van der Waals surface area contributed by atoms with Gasteiger partial charge in [0, 0.05) is 5.02 Å². The van der Waals surface area contributed by atoms with E-state index < -0.39 is 23.8 Å². The first-order valence-corrected chi connectivity index (χ1v) is 8.48. The van der Waals surface area contributed by atoms with Gasteiger partial charge < -0.3 is 14.8 Å². The van der Waals surface area contributed by atoms with E-state index >= 15 is 0 Å². The summed E-state index contributed by atoms with van der Waals surface area (Å²) < 4.78 is 24.3. The van der Waals surface area contributed by atoms with Crippen LogP contribution in [-0.2, 0) is 9.53 Å². The van der Waals surface area contributed by atoms with E-state index in [1.165, 1.54) is 19.1 Å². The number of benzene rings is 2. The summed E-state index contributed by atoms with van der Waals surface area (Å²) in [5.74, 6) is -1.34. The van der Waals surface area contributed by atoms with E-state index in [-0.39, 0.29) is 16.3 Å². The maximum Gasteiger partial charge on any atom is 0.338 e. The van der Waals surface area contributed by atoms with Crippen LogP contribution in [0.4, 0.5) is 10.1 Å². The van der Waals surface area contributed by atoms with Gasteiger partial charge in [-0.05, 0) is 55.8 Å². The van der Waals surface area contributed by atoms with Crippen LogP contribution in [0.5, 0.6) is 5.75 Å². The monoisotopic (exact) mass is 379 g/mol. The fourth-order valence-corrected chi connectivity index (χ4v) is 2.17. The second-order valence-corrected chi connectivity index (χ2v) is 5.97. The van der Waals surface area contributed by atoms with E-state index in [2.05, 4.69) is 5.32 Å². The summed E-state index contributed by atoms with van der Waals surface area (Å²) in [5.41, 5.74) is 0.242. The Hall–Kier alpha value is -2.60. The van der Waals surface area contributed by atoms with Crippen LogP contribution >= 0.6 is 11.6 Å². The van der Waals surface area contributed by atoms with Crippen LogP contribution in [0.1, 0.15) is 30.6 Å². The maximum absolute atomic E-state index is 13.7. The minimum absolute atomic E-state index is 0.0419. The zero-order chi connectivity index (χ0) is 19.1. The van der Waals surface area contributed by atoms with Gasteiger partial charge in [-0.2, -0.15) is 0 Å². The standard InChI is InChI=1S/C19H19ClFNO4/c1-3-10-25-15-7-4-13(5-8-15)19(24)26-12(2)18(23)22-17-9-6-14(20)11-16(17)21/h4-9,11-12H,3,10H2,1-2H3,(H,22,23)/t12-/m0/s1. The van der Waals surface area contributed by atoms with Gasteiger partial charge in [0.05, 0.1) is 17.9 Å². The van der Waals surface area contributed by atoms with Gasteiger partial charge in [-0.15, -0.1) is 0 Å². The van der Waals surface area contributed by atoms with Crippen LogP contribution in [-0.4, -0.2) is 24.6 Å². The molecule has 7 heteroatoms. The molecule has 0 spiro atoms. The van der Waals surface area contributed by atoms with Crippen molar-refractivity contribution >= 4 is 29.2 Å². The van der Waals surface area contributed by atoms with Crippen LogP contribution in [0.2, 0.25) is 5.02 Å². The molecule has 5 nitrogen and oxygen atoms in total. The summed E-state index contributed by atoms with van der Waals surface area (Å²) in [5, 5.41) is 2.57. The molecule has 0 bridgehead atoms. The van der Waals surface area contributed by atoms with Crippen molar-refractivity contribution in [3.05, 3.63) is 58.9 Å². The molecule has 2 aromatic rings. The molecule has 1 atom stereocenters. The summed E-state index contributed by atoms with van der Waals surface area (Å²) in [6.45, 7) is 3.98. The van der Waals surface area contributed by atoms with Gasteiger partial charge in [-0.3, -0.25) is 4.79 Å². The third kappa shape index (κ3) is 5.46. The maximum atomic E-state index is 13.7. The van der Waals surface area contributed by atoms with Gasteiger partial charge in [-0.1, -0.05) is 18.5 Å². The van der Waals surface area contributed by atoms with Crippen molar-refractivity contribution in [2.75, 3.05) is 11.9 Å². The van der Waals surface area contributed by atoms with E-state index in [4.69, 9.17) is 21.1 Å². The highest BCUT2D eigenvalue weighted by Crippen LogP contribution is 2.19. The van der Waals surface area contributed by atoms with Crippen LogP contribution in [0.15, 0.2) is 42.5 Å². The molecule has 0 radical (unpaired) electrons. The number of halogens is 2. The lowest BCUT2D eigenvalue weighted by molar-refractivity contribution is -0.123. The van der Waals surface area contributed by atoms with Crippen molar-refractivity contribution in [3.8, 4) is 5.75 Å². The summed E-state index contributed by atoms with van der Waals surface area (Å²) >= 11 is 5.66. The largest absolute Gasteiger partial charge is 0.494 e. The van der Waals surface area contributed by atoms with E-state index in [1.54, 1.807) is 24.3 Å². The van der Waals surface area contributed by atoms with Gasteiger partial charge >= 0.3 is 5.97 Å². The smallest absolute Gasteiger partial charge is 0.338 e. The number of nitrogens with one attached hydrogen (secondary N) is 1. The number of hydrogen-bond acceptors (Lipinski definition) is 4. The predicted molar refractivity (Wildman–Crippen MR) is 97.1 cm³/mol. The summed E-state index contributed by atoms with van der Waals surface area (Å²) in [6.07, 6.45) is -0.224. The number of carbonyl (C=O) groups is 2. The highest BCUT2D eigenvalue weighted by atomic mass is 35.5. The Balaban J connectivity index is 1.94. The van der Waals surface area contributed by atoms with E-state index in [0.29, 0.717) is 12.4 Å². The lowest BCUT2D eigenvalue weighted by atomic mass is 10.2. The number of ether oxygens (including phenoxy) is 2. The van der Waals surface area contributed by atoms with E-state index in [0.717, 1.165) is 12.5 Å². The summed E-state index contributed by atoms with van der Waals surface area (Å²) in [7, 11) is 0. The molecule has 2 aromatic carbocycles. The zero-order valence-electron chi connectivity index (χ0n) is 14.4. The van der Waals surface area contributed by atoms with Crippen molar-refractivity contribution in [2.24, 2.45) is 0 Å². The molecule has 0 saturated carbocycles. The van der Waals surface area contributed by atoms with Gasteiger partial charge in [0.25, 0.3) is 5.91 Å². The van der Waals surface area contributed by atoms with Crippen molar-refractivity contribution in [1.82, 2.24) is 0 Å². The highest BCUT2D eigenvalue weighted by Gasteiger charge is 2.20. The normalized spacial score (nSPS) is 11.5. The molecule has 26 heavy (non-hydrogen) atoms. The van der Waals surface area contributed by atoms with Crippen molar-refractivity contribution in [1.29, 1.82) is 0 Å². The molecule has 0 aromatic heterocycles. The Morgan fingerprint density at radius 1 is 1.19 bits per heavy atom. The molecule has 0 saturated heterocycles. The molecule has 0 fully saturated rings. The molecule has 138 valence electrons. The van der Waals surface area contributed by atoms with Crippen LogP contribution in [0.25, 0.3) is 0 Å². The first-order valence-electron chi connectivity index (χ1n) is 8.10. The highest BCUT2D eigenvalue weighted by molar-refractivity contribution is 6.30. The Morgan fingerprint density at radius 2 is 1.88 bits per heavy atom. The average Bonchev–Trinajstić information content (AvgIpc) is 2.62. The van der Waals surface area contributed by atoms with Crippen molar-refractivity contribution in [2.45, 2.75) is 26.4 Å². The predicted octanol–water partition coefficient (Wildman–Crippen LogP) is 4.45. The summed E-state index contributed by atoms with van der Waals surface area (Å²) in [4.78, 5) is 24.2. The fourth-order valence-electron chi connectivity index (χ4n) is 2.01. The van der Waals surface area contributed by atoms with Crippen molar-refractivity contribution in [3.63, 3.8) is 0 Å². The SMILES string of the molecule is CCCOc1ccc(C(=O)O[C@@H](C)C(=O)Nc2ccc(Cl)cc2F)cc1. The number of rotatable bonds is 7. The van der Waals surface area contributed by atoms with Crippen LogP contribution in [0, 0.1) is 5.82 Å². The lowest BCUT2D eigenvalue weighted by Crippen LogP contribution is -2.30.